The molecule has 0 aliphatic heterocycles. The lowest BCUT2D eigenvalue weighted by Crippen LogP contribution is -1.95. The Balaban J connectivity index is 2.89. The van der Waals surface area contributed by atoms with Crippen LogP contribution in [0, 0.1) is 11.8 Å². The highest BCUT2D eigenvalue weighted by Crippen LogP contribution is 2.26. The van der Waals surface area contributed by atoms with Crippen molar-refractivity contribution in [1.82, 2.24) is 0 Å². The van der Waals surface area contributed by atoms with Gasteiger partial charge in [0.2, 0.25) is 0 Å². The van der Waals surface area contributed by atoms with Gasteiger partial charge in [-0.15, -0.1) is 0 Å². The maximum Gasteiger partial charge on any atom is 0.122 e. The highest BCUT2D eigenvalue weighted by Gasteiger charge is 2.05. The van der Waals surface area contributed by atoms with Gasteiger partial charge < -0.3 is 10.5 Å². The zero-order valence-electron chi connectivity index (χ0n) is 10.6. The highest BCUT2D eigenvalue weighted by molar-refractivity contribution is 7.99. The third-order valence-electron chi connectivity index (χ3n) is 2.19. The Morgan fingerprint density at radius 1 is 1.41 bits per heavy atom. The van der Waals surface area contributed by atoms with Crippen LogP contribution in [0.5, 0.6) is 5.75 Å². The summed E-state index contributed by atoms with van der Waals surface area (Å²) in [7, 11) is 1.70. The molecule has 0 aromatic heterocycles. The number of hydrogen-bond acceptors (Lipinski definition) is 3. The molecule has 2 nitrogen and oxygen atoms in total. The van der Waals surface area contributed by atoms with E-state index >= 15 is 0 Å². The number of methoxy groups -OCH3 is 1. The van der Waals surface area contributed by atoms with Gasteiger partial charge in [0.25, 0.3) is 0 Å². The Kier molecular flexibility index (Phi) is 5.96. The van der Waals surface area contributed by atoms with Crippen LogP contribution in [0.4, 0.5) is 0 Å². The smallest absolute Gasteiger partial charge is 0.122 e. The molecule has 92 valence electrons. The summed E-state index contributed by atoms with van der Waals surface area (Å²) in [6, 6.07) is 6.01. The molecule has 1 aromatic carbocycles. The summed E-state index contributed by atoms with van der Waals surface area (Å²) in [4.78, 5) is 0. The highest BCUT2D eigenvalue weighted by atomic mass is 32.2. The van der Waals surface area contributed by atoms with Crippen molar-refractivity contribution in [2.24, 2.45) is 5.73 Å². The average Bonchev–Trinajstić information content (AvgIpc) is 2.33. The minimum atomic E-state index is 0.391. The monoisotopic (exact) mass is 249 g/mol. The third kappa shape index (κ3) is 4.72. The molecule has 1 rings (SSSR count). The Hall–Kier alpha value is -1.11. The molecular weight excluding hydrogens is 230 g/mol. The minimum Gasteiger partial charge on any atom is -0.496 e. The summed E-state index contributed by atoms with van der Waals surface area (Å²) in [6.45, 7) is 4.77. The number of hydrogen-bond donors (Lipinski definition) is 1. The molecule has 17 heavy (non-hydrogen) atoms. The Bertz CT molecular complexity index is 418. The van der Waals surface area contributed by atoms with Crippen molar-refractivity contribution in [1.29, 1.82) is 0 Å². The van der Waals surface area contributed by atoms with Gasteiger partial charge >= 0.3 is 0 Å². The summed E-state index contributed by atoms with van der Waals surface area (Å²) < 4.78 is 5.35. The minimum absolute atomic E-state index is 0.391. The topological polar surface area (TPSA) is 35.2 Å². The molecule has 2 N–H and O–H groups in total. The zero-order chi connectivity index (χ0) is 12.7. The van der Waals surface area contributed by atoms with E-state index in [1.807, 2.05) is 23.9 Å². The first-order valence-electron chi connectivity index (χ1n) is 5.64. The van der Waals surface area contributed by atoms with Crippen LogP contribution in [0.3, 0.4) is 0 Å². The molecule has 0 spiro atoms. The molecule has 0 saturated heterocycles. The van der Waals surface area contributed by atoms with E-state index < -0.39 is 0 Å². The number of thioether (sulfide) groups is 1. The molecule has 3 heteroatoms. The Morgan fingerprint density at radius 3 is 2.76 bits per heavy atom. The van der Waals surface area contributed by atoms with Crippen LogP contribution in [0.2, 0.25) is 0 Å². The van der Waals surface area contributed by atoms with Gasteiger partial charge in [-0.1, -0.05) is 25.7 Å². The normalized spacial score (nSPS) is 9.94. The lowest BCUT2D eigenvalue weighted by atomic mass is 10.1. The van der Waals surface area contributed by atoms with Gasteiger partial charge in [0.05, 0.1) is 13.7 Å². The van der Waals surface area contributed by atoms with Crippen molar-refractivity contribution in [2.45, 2.75) is 24.9 Å². The van der Waals surface area contributed by atoms with Crippen LogP contribution < -0.4 is 10.5 Å². The van der Waals surface area contributed by atoms with Crippen LogP contribution in [0.1, 0.15) is 25.0 Å². The summed E-state index contributed by atoms with van der Waals surface area (Å²) >= 11 is 1.89. The second kappa shape index (κ2) is 7.26. The molecular formula is C14H19NOS. The third-order valence-corrected chi connectivity index (χ3v) is 3.33. The van der Waals surface area contributed by atoms with Crippen LogP contribution in [0.15, 0.2) is 18.2 Å². The summed E-state index contributed by atoms with van der Waals surface area (Å²) in [5.41, 5.74) is 7.55. The summed E-state index contributed by atoms with van der Waals surface area (Å²) in [5.74, 6) is 7.78. The van der Waals surface area contributed by atoms with Gasteiger partial charge in [-0.05, 0) is 23.4 Å². The SMILES string of the molecule is COc1ccc(C#CCN)cc1CSC(C)C. The fourth-order valence-corrected chi connectivity index (χ4v) is 2.12. The zero-order valence-corrected chi connectivity index (χ0v) is 11.4. The second-order valence-electron chi connectivity index (χ2n) is 3.89. The molecule has 0 bridgehead atoms. The van der Waals surface area contributed by atoms with Crippen molar-refractivity contribution in [3.8, 4) is 17.6 Å². The quantitative estimate of drug-likeness (QED) is 0.833. The number of rotatable bonds is 4. The lowest BCUT2D eigenvalue weighted by Gasteiger charge is -2.10. The van der Waals surface area contributed by atoms with Crippen LogP contribution in [-0.2, 0) is 5.75 Å². The van der Waals surface area contributed by atoms with E-state index in [2.05, 4.69) is 31.8 Å². The van der Waals surface area contributed by atoms with Crippen LogP contribution >= 0.6 is 11.8 Å². The van der Waals surface area contributed by atoms with Gasteiger partial charge in [0.15, 0.2) is 0 Å². The molecule has 0 aliphatic rings. The van der Waals surface area contributed by atoms with Gasteiger partial charge in [-0.25, -0.2) is 0 Å². The van der Waals surface area contributed by atoms with E-state index in [0.717, 1.165) is 17.1 Å². The van der Waals surface area contributed by atoms with Gasteiger partial charge in [0.1, 0.15) is 5.75 Å². The molecule has 0 unspecified atom stereocenters. The number of nitrogens with two attached hydrogens (primary N) is 1. The van der Waals surface area contributed by atoms with Gasteiger partial charge in [-0.3, -0.25) is 0 Å². The fraction of sp³-hybridized carbons (Fsp3) is 0.429. The lowest BCUT2D eigenvalue weighted by molar-refractivity contribution is 0.411. The maximum absolute atomic E-state index is 5.37. The molecule has 0 radical (unpaired) electrons. The molecule has 1 aromatic rings. The fourth-order valence-electron chi connectivity index (χ4n) is 1.38. The van der Waals surface area contributed by atoms with Gasteiger partial charge in [0, 0.05) is 16.9 Å². The molecule has 0 amide bonds. The van der Waals surface area contributed by atoms with E-state index in [4.69, 9.17) is 10.5 Å². The maximum atomic E-state index is 5.37. The van der Waals surface area contributed by atoms with E-state index in [1.54, 1.807) is 7.11 Å². The predicted octanol–water partition coefficient (Wildman–Crippen LogP) is 2.65. The van der Waals surface area contributed by atoms with Gasteiger partial charge in [-0.2, -0.15) is 11.8 Å². The van der Waals surface area contributed by atoms with Crippen molar-refractivity contribution >= 4 is 11.8 Å². The molecule has 0 fully saturated rings. The predicted molar refractivity (Wildman–Crippen MR) is 75.4 cm³/mol. The van der Waals surface area contributed by atoms with E-state index in [9.17, 15) is 0 Å². The van der Waals surface area contributed by atoms with Crippen LogP contribution in [0.25, 0.3) is 0 Å². The molecule has 0 saturated carbocycles. The van der Waals surface area contributed by atoms with Crippen molar-refractivity contribution in [2.75, 3.05) is 13.7 Å². The Morgan fingerprint density at radius 2 is 2.18 bits per heavy atom. The first kappa shape index (κ1) is 14.0. The summed E-state index contributed by atoms with van der Waals surface area (Å²) in [5, 5.41) is 0.610. The van der Waals surface area contributed by atoms with Crippen LogP contribution in [-0.4, -0.2) is 18.9 Å². The first-order valence-corrected chi connectivity index (χ1v) is 6.69. The standard InChI is InChI=1S/C14H19NOS/c1-11(2)17-10-13-9-12(5-4-8-15)6-7-14(13)16-3/h6-7,9,11H,8,10,15H2,1-3H3. The average molecular weight is 249 g/mol. The first-order chi connectivity index (χ1) is 8.17. The van der Waals surface area contributed by atoms with Crippen molar-refractivity contribution in [3.05, 3.63) is 29.3 Å². The van der Waals surface area contributed by atoms with E-state index in [0.29, 0.717) is 11.8 Å². The largest absolute Gasteiger partial charge is 0.496 e. The van der Waals surface area contributed by atoms with E-state index in [-0.39, 0.29) is 0 Å². The van der Waals surface area contributed by atoms with Crippen molar-refractivity contribution < 1.29 is 4.74 Å². The molecule has 0 heterocycles. The van der Waals surface area contributed by atoms with E-state index in [1.165, 1.54) is 5.56 Å². The Labute approximate surface area is 108 Å². The molecule has 0 aliphatic carbocycles. The summed E-state index contributed by atoms with van der Waals surface area (Å²) in [6.07, 6.45) is 0. The number of ether oxygens (including phenoxy) is 1. The molecule has 0 atom stereocenters. The second-order valence-corrected chi connectivity index (χ2v) is 5.46. The van der Waals surface area contributed by atoms with Crippen molar-refractivity contribution in [3.63, 3.8) is 0 Å². The number of benzene rings is 1.